The molecule has 0 saturated heterocycles. The summed E-state index contributed by atoms with van der Waals surface area (Å²) < 4.78 is 0. The largest absolute Gasteiger partial charge is 0.343 e. The summed E-state index contributed by atoms with van der Waals surface area (Å²) in [6.07, 6.45) is 7.69. The number of thiophene rings is 1. The molecule has 0 radical (unpaired) electrons. The lowest BCUT2D eigenvalue weighted by Crippen LogP contribution is -2.41. The molecule has 1 unspecified atom stereocenters. The molecule has 4 heteroatoms. The third-order valence-corrected chi connectivity index (χ3v) is 6.32. The third-order valence-electron chi connectivity index (χ3n) is 5.38. The molecule has 1 saturated carbocycles. The molecule has 0 bridgehead atoms. The first-order valence-electron chi connectivity index (χ1n) is 9.73. The van der Waals surface area contributed by atoms with Crippen LogP contribution < -0.4 is 5.32 Å². The number of carbonyl (C=O) groups is 1. The molecule has 1 aromatic heterocycles. The number of rotatable bonds is 6. The number of likely N-dealkylation sites (N-methyl/N-ethyl adjacent to an activating group) is 1. The maximum Gasteiger partial charge on any atom is 0.234 e. The Balaban J connectivity index is 1.66. The standard InChI is InChI=1S/C22H30N2OS/c1-17-11-13-18(14-12-17)22(20-10-7-15-26-20)23-21(25)16-24(2)19-8-5-3-4-6-9-19/h7,10-15,19,22H,3-6,8-9,16H2,1-2H3,(H,23,25). The topological polar surface area (TPSA) is 32.3 Å². The highest BCUT2D eigenvalue weighted by atomic mass is 32.1. The van der Waals surface area contributed by atoms with E-state index in [0.717, 1.165) is 5.56 Å². The molecule has 1 atom stereocenters. The quantitative estimate of drug-likeness (QED) is 0.732. The molecule has 140 valence electrons. The second-order valence-corrected chi connectivity index (χ2v) is 8.47. The van der Waals surface area contributed by atoms with Gasteiger partial charge in [0.25, 0.3) is 0 Å². The van der Waals surface area contributed by atoms with Crippen molar-refractivity contribution >= 4 is 17.2 Å². The summed E-state index contributed by atoms with van der Waals surface area (Å²) in [7, 11) is 2.10. The maximum atomic E-state index is 12.8. The second-order valence-electron chi connectivity index (χ2n) is 7.49. The Morgan fingerprint density at radius 2 is 1.85 bits per heavy atom. The number of hydrogen-bond acceptors (Lipinski definition) is 3. The normalized spacial score (nSPS) is 17.0. The van der Waals surface area contributed by atoms with E-state index < -0.39 is 0 Å². The molecule has 1 fully saturated rings. The first-order valence-corrected chi connectivity index (χ1v) is 10.6. The summed E-state index contributed by atoms with van der Waals surface area (Å²) in [5.41, 5.74) is 2.38. The van der Waals surface area contributed by atoms with Crippen LogP contribution in [0, 0.1) is 6.92 Å². The summed E-state index contributed by atoms with van der Waals surface area (Å²) in [5.74, 6) is 0.107. The van der Waals surface area contributed by atoms with Crippen molar-refractivity contribution in [3.63, 3.8) is 0 Å². The van der Waals surface area contributed by atoms with E-state index in [0.29, 0.717) is 12.6 Å². The van der Waals surface area contributed by atoms with Gasteiger partial charge in [0.15, 0.2) is 0 Å². The molecule has 3 rings (SSSR count). The van der Waals surface area contributed by atoms with Crippen molar-refractivity contribution < 1.29 is 4.79 Å². The lowest BCUT2D eigenvalue weighted by Gasteiger charge is -2.27. The SMILES string of the molecule is Cc1ccc(C(NC(=O)CN(C)C2CCCCCC2)c2cccs2)cc1. The van der Waals surface area contributed by atoms with Gasteiger partial charge in [0, 0.05) is 10.9 Å². The summed E-state index contributed by atoms with van der Waals surface area (Å²) in [4.78, 5) is 16.2. The smallest absolute Gasteiger partial charge is 0.234 e. The summed E-state index contributed by atoms with van der Waals surface area (Å²) >= 11 is 1.69. The van der Waals surface area contributed by atoms with E-state index in [4.69, 9.17) is 0 Å². The minimum absolute atomic E-state index is 0.0642. The van der Waals surface area contributed by atoms with E-state index >= 15 is 0 Å². The van der Waals surface area contributed by atoms with Gasteiger partial charge >= 0.3 is 0 Å². The van der Waals surface area contributed by atoms with Crippen molar-refractivity contribution in [2.45, 2.75) is 57.5 Å². The van der Waals surface area contributed by atoms with E-state index in [2.05, 4.69) is 59.9 Å². The van der Waals surface area contributed by atoms with Gasteiger partial charge in [0.2, 0.25) is 5.91 Å². The fourth-order valence-electron chi connectivity index (χ4n) is 3.79. The second kappa shape index (κ2) is 9.33. The van der Waals surface area contributed by atoms with Crippen LogP contribution >= 0.6 is 11.3 Å². The van der Waals surface area contributed by atoms with Crippen LogP contribution in [0.2, 0.25) is 0 Å². The number of benzene rings is 1. The Kier molecular flexibility index (Phi) is 6.86. The third kappa shape index (κ3) is 5.18. The van der Waals surface area contributed by atoms with E-state index in [-0.39, 0.29) is 11.9 Å². The number of carbonyl (C=O) groups excluding carboxylic acids is 1. The summed E-state index contributed by atoms with van der Waals surface area (Å²) in [6, 6.07) is 13.1. The molecule has 1 amide bonds. The molecular formula is C22H30N2OS. The molecule has 3 nitrogen and oxygen atoms in total. The van der Waals surface area contributed by atoms with Crippen molar-refractivity contribution in [2.24, 2.45) is 0 Å². The maximum absolute atomic E-state index is 12.8. The van der Waals surface area contributed by atoms with Gasteiger partial charge in [-0.15, -0.1) is 11.3 Å². The number of nitrogens with one attached hydrogen (secondary N) is 1. The van der Waals surface area contributed by atoms with Crippen LogP contribution in [0.4, 0.5) is 0 Å². The van der Waals surface area contributed by atoms with Gasteiger partial charge in [-0.25, -0.2) is 0 Å². The van der Waals surface area contributed by atoms with Crippen molar-refractivity contribution in [3.05, 3.63) is 57.8 Å². The molecule has 0 aliphatic heterocycles. The molecule has 2 aromatic rings. The molecule has 1 N–H and O–H groups in total. The van der Waals surface area contributed by atoms with Gasteiger partial charge in [0.05, 0.1) is 12.6 Å². The number of nitrogens with zero attached hydrogens (tertiary/aromatic N) is 1. The Morgan fingerprint density at radius 3 is 2.46 bits per heavy atom. The Morgan fingerprint density at radius 1 is 1.15 bits per heavy atom. The minimum Gasteiger partial charge on any atom is -0.343 e. The molecule has 1 aliphatic rings. The number of hydrogen-bond donors (Lipinski definition) is 1. The van der Waals surface area contributed by atoms with Crippen molar-refractivity contribution in [1.82, 2.24) is 10.2 Å². The van der Waals surface area contributed by atoms with Crippen LogP contribution in [0.5, 0.6) is 0 Å². The predicted molar refractivity (Wildman–Crippen MR) is 110 cm³/mol. The molecule has 1 aromatic carbocycles. The lowest BCUT2D eigenvalue weighted by molar-refractivity contribution is -0.123. The summed E-state index contributed by atoms with van der Waals surface area (Å²) in [6.45, 7) is 2.56. The predicted octanol–water partition coefficient (Wildman–Crippen LogP) is 4.92. The van der Waals surface area contributed by atoms with Gasteiger partial charge in [-0.1, -0.05) is 61.6 Å². The lowest BCUT2D eigenvalue weighted by atomic mass is 10.0. The molecule has 1 heterocycles. The highest BCUT2D eigenvalue weighted by Crippen LogP contribution is 2.26. The summed E-state index contributed by atoms with van der Waals surface area (Å²) in [5, 5.41) is 5.34. The molecule has 0 spiro atoms. The molecule has 26 heavy (non-hydrogen) atoms. The molecule has 1 aliphatic carbocycles. The van der Waals surface area contributed by atoms with Crippen LogP contribution in [0.25, 0.3) is 0 Å². The number of amides is 1. The zero-order valence-corrected chi connectivity index (χ0v) is 16.7. The fraction of sp³-hybridized carbons (Fsp3) is 0.500. The minimum atomic E-state index is -0.0642. The first-order chi connectivity index (χ1) is 12.6. The van der Waals surface area contributed by atoms with E-state index in [1.165, 1.54) is 49.0 Å². The Bertz CT molecular complexity index is 673. The Hall–Kier alpha value is -1.65. The average Bonchev–Trinajstić information content (AvgIpc) is 3.02. The number of aryl methyl sites for hydroxylation is 1. The van der Waals surface area contributed by atoms with E-state index in [1.54, 1.807) is 11.3 Å². The van der Waals surface area contributed by atoms with Crippen molar-refractivity contribution in [2.75, 3.05) is 13.6 Å². The highest BCUT2D eigenvalue weighted by molar-refractivity contribution is 7.10. The van der Waals surface area contributed by atoms with Crippen molar-refractivity contribution in [3.8, 4) is 0 Å². The van der Waals surface area contributed by atoms with Gasteiger partial charge < -0.3 is 5.32 Å². The Labute approximate surface area is 161 Å². The van der Waals surface area contributed by atoms with E-state index in [1.807, 2.05) is 6.07 Å². The average molecular weight is 371 g/mol. The van der Waals surface area contributed by atoms with Gasteiger partial charge in [-0.2, -0.15) is 0 Å². The van der Waals surface area contributed by atoms with Gasteiger partial charge in [0.1, 0.15) is 0 Å². The van der Waals surface area contributed by atoms with Crippen LogP contribution in [0.3, 0.4) is 0 Å². The van der Waals surface area contributed by atoms with Crippen LogP contribution in [0.1, 0.15) is 60.6 Å². The van der Waals surface area contributed by atoms with Crippen LogP contribution in [-0.4, -0.2) is 30.4 Å². The fourth-order valence-corrected chi connectivity index (χ4v) is 4.60. The first kappa shape index (κ1) is 19.1. The monoisotopic (exact) mass is 370 g/mol. The molecular weight excluding hydrogens is 340 g/mol. The van der Waals surface area contributed by atoms with Gasteiger partial charge in [-0.05, 0) is 43.8 Å². The zero-order chi connectivity index (χ0) is 18.4. The van der Waals surface area contributed by atoms with Crippen molar-refractivity contribution in [1.29, 1.82) is 0 Å². The van der Waals surface area contributed by atoms with Crippen LogP contribution in [-0.2, 0) is 4.79 Å². The van der Waals surface area contributed by atoms with E-state index in [9.17, 15) is 4.79 Å². The highest BCUT2D eigenvalue weighted by Gasteiger charge is 2.22. The van der Waals surface area contributed by atoms with Crippen LogP contribution in [0.15, 0.2) is 41.8 Å². The zero-order valence-electron chi connectivity index (χ0n) is 15.9. The van der Waals surface area contributed by atoms with Gasteiger partial charge in [-0.3, -0.25) is 9.69 Å².